The third-order valence-electron chi connectivity index (χ3n) is 2.83. The lowest BCUT2D eigenvalue weighted by Gasteiger charge is -2.25. The van der Waals surface area contributed by atoms with Crippen LogP contribution in [0.15, 0.2) is 11.6 Å². The van der Waals surface area contributed by atoms with E-state index in [1.165, 1.54) is 0 Å². The fraction of sp³-hybridized carbons (Fsp3) is 0.727. The van der Waals surface area contributed by atoms with Gasteiger partial charge in [-0.1, -0.05) is 13.0 Å². The maximum absolute atomic E-state index is 10.5. The molecule has 0 unspecified atom stereocenters. The first-order chi connectivity index (χ1) is 7.51. The van der Waals surface area contributed by atoms with Crippen LogP contribution in [0.2, 0.25) is 12.1 Å². The summed E-state index contributed by atoms with van der Waals surface area (Å²) in [5, 5.41) is 8.67. The molecule has 0 rings (SSSR count). The van der Waals surface area contributed by atoms with Crippen molar-refractivity contribution in [2.75, 3.05) is 14.2 Å². The molecule has 0 saturated carbocycles. The first kappa shape index (κ1) is 15.3. The summed E-state index contributed by atoms with van der Waals surface area (Å²) in [6.45, 7) is 3.68. The fourth-order valence-electron chi connectivity index (χ4n) is 1.53. The summed E-state index contributed by atoms with van der Waals surface area (Å²) in [5.41, 5.74) is 0.401. The molecule has 94 valence electrons. The van der Waals surface area contributed by atoms with Crippen molar-refractivity contribution in [2.24, 2.45) is 0 Å². The molecule has 0 saturated heterocycles. The number of carboxylic acids is 1. The van der Waals surface area contributed by atoms with E-state index in [1.54, 1.807) is 27.2 Å². The Hall–Kier alpha value is -0.653. The van der Waals surface area contributed by atoms with Crippen molar-refractivity contribution in [3.8, 4) is 0 Å². The minimum absolute atomic E-state index is 0.401. The van der Waals surface area contributed by atoms with Gasteiger partial charge in [0.25, 0.3) is 0 Å². The molecule has 0 aromatic rings. The van der Waals surface area contributed by atoms with Gasteiger partial charge < -0.3 is 14.0 Å². The van der Waals surface area contributed by atoms with Crippen LogP contribution in [0.4, 0.5) is 0 Å². The third kappa shape index (κ3) is 4.91. The van der Waals surface area contributed by atoms with Crippen LogP contribution in [0.1, 0.15) is 26.7 Å². The molecule has 16 heavy (non-hydrogen) atoms. The summed E-state index contributed by atoms with van der Waals surface area (Å²) in [6, 6.07) is 1.82. The molecule has 0 aromatic carbocycles. The van der Waals surface area contributed by atoms with Crippen LogP contribution in [-0.2, 0) is 13.6 Å². The molecule has 4 nitrogen and oxygen atoms in total. The van der Waals surface area contributed by atoms with Crippen LogP contribution in [-0.4, -0.2) is 33.9 Å². The summed E-state index contributed by atoms with van der Waals surface area (Å²) in [4.78, 5) is 10.5. The summed E-state index contributed by atoms with van der Waals surface area (Å²) < 4.78 is 10.9. The lowest BCUT2D eigenvalue weighted by atomic mass is 10.2. The number of carboxylic acid groups (broad SMARTS) is 1. The number of hydrogen-bond donors (Lipinski definition) is 1. The minimum atomic E-state index is -1.99. The summed E-state index contributed by atoms with van der Waals surface area (Å²) >= 11 is 0. The normalized spacial score (nSPS) is 12.9. The highest BCUT2D eigenvalue weighted by Crippen LogP contribution is 2.20. The maximum Gasteiger partial charge on any atom is 0.337 e. The second kappa shape index (κ2) is 7.59. The summed E-state index contributed by atoms with van der Waals surface area (Å²) in [7, 11) is 1.39. The Bertz CT molecular complexity index is 238. The number of carbonyl (C=O) groups is 1. The maximum atomic E-state index is 10.5. The Morgan fingerprint density at radius 2 is 1.94 bits per heavy atom. The van der Waals surface area contributed by atoms with Gasteiger partial charge in [0, 0.05) is 19.8 Å². The van der Waals surface area contributed by atoms with Crippen molar-refractivity contribution < 1.29 is 18.8 Å². The van der Waals surface area contributed by atoms with Gasteiger partial charge in [0.15, 0.2) is 0 Å². The van der Waals surface area contributed by atoms with E-state index >= 15 is 0 Å². The zero-order valence-electron chi connectivity index (χ0n) is 10.6. The molecule has 0 aliphatic rings. The number of aliphatic carboxylic acids is 1. The highest BCUT2D eigenvalue weighted by molar-refractivity contribution is 6.67. The van der Waals surface area contributed by atoms with Crippen molar-refractivity contribution in [3.63, 3.8) is 0 Å². The molecule has 0 amide bonds. The highest BCUT2D eigenvalue weighted by Gasteiger charge is 2.32. The van der Waals surface area contributed by atoms with E-state index in [9.17, 15) is 4.79 Å². The number of unbranched alkanes of at least 4 members (excludes halogenated alkanes) is 1. The highest BCUT2D eigenvalue weighted by atomic mass is 28.4. The van der Waals surface area contributed by atoms with Crippen LogP contribution in [0, 0.1) is 0 Å². The van der Waals surface area contributed by atoms with E-state index in [0.717, 1.165) is 24.9 Å². The van der Waals surface area contributed by atoms with Crippen molar-refractivity contribution in [1.29, 1.82) is 0 Å². The standard InChI is InChI=1S/C11H22O4Si/c1-5-16(14-3,15-4)9-7-6-8-10(2)11(12)13/h8H,5-7,9H2,1-4H3,(H,12,13). The molecule has 0 bridgehead atoms. The van der Waals surface area contributed by atoms with Crippen LogP contribution >= 0.6 is 0 Å². The minimum Gasteiger partial charge on any atom is -0.478 e. The van der Waals surface area contributed by atoms with E-state index in [2.05, 4.69) is 6.92 Å². The van der Waals surface area contributed by atoms with E-state index < -0.39 is 14.5 Å². The molecule has 0 aromatic heterocycles. The van der Waals surface area contributed by atoms with Crippen molar-refractivity contribution >= 4 is 14.5 Å². The topological polar surface area (TPSA) is 55.8 Å². The SMILES string of the molecule is CC[Si](CCCC=C(C)C(=O)O)(OC)OC. The van der Waals surface area contributed by atoms with Crippen molar-refractivity contribution in [1.82, 2.24) is 0 Å². The zero-order chi connectivity index (χ0) is 12.6. The summed E-state index contributed by atoms with van der Waals surface area (Å²) in [6.07, 6.45) is 3.43. The Balaban J connectivity index is 4.06. The van der Waals surface area contributed by atoms with Crippen molar-refractivity contribution in [3.05, 3.63) is 11.6 Å². The van der Waals surface area contributed by atoms with Gasteiger partial charge in [-0.05, 0) is 31.9 Å². The zero-order valence-corrected chi connectivity index (χ0v) is 11.6. The molecule has 1 N–H and O–H groups in total. The number of rotatable bonds is 8. The van der Waals surface area contributed by atoms with E-state index in [0.29, 0.717) is 5.57 Å². The lowest BCUT2D eigenvalue weighted by molar-refractivity contribution is -0.132. The Labute approximate surface area is 98.5 Å². The van der Waals surface area contributed by atoms with E-state index in [1.807, 2.05) is 0 Å². The van der Waals surface area contributed by atoms with Gasteiger partial charge >= 0.3 is 14.5 Å². The quantitative estimate of drug-likeness (QED) is 0.406. The molecule has 5 heteroatoms. The van der Waals surface area contributed by atoms with Crippen LogP contribution in [0.25, 0.3) is 0 Å². The van der Waals surface area contributed by atoms with E-state index in [4.69, 9.17) is 14.0 Å². The first-order valence-electron chi connectivity index (χ1n) is 5.51. The molecule has 0 fully saturated rings. The Morgan fingerprint density at radius 1 is 1.38 bits per heavy atom. The molecule has 0 heterocycles. The average molecular weight is 246 g/mol. The third-order valence-corrected chi connectivity index (χ3v) is 6.51. The molecule has 0 aliphatic carbocycles. The van der Waals surface area contributed by atoms with Gasteiger partial charge in [0.2, 0.25) is 0 Å². The Kier molecular flexibility index (Phi) is 7.28. The summed E-state index contributed by atoms with van der Waals surface area (Å²) in [5.74, 6) is -0.850. The van der Waals surface area contributed by atoms with Gasteiger partial charge in [0.05, 0.1) is 0 Å². The van der Waals surface area contributed by atoms with Crippen LogP contribution in [0.3, 0.4) is 0 Å². The molecule has 0 aliphatic heterocycles. The van der Waals surface area contributed by atoms with Crippen molar-refractivity contribution in [2.45, 2.75) is 38.8 Å². The van der Waals surface area contributed by atoms with Crippen LogP contribution < -0.4 is 0 Å². The number of allylic oxidation sites excluding steroid dienone is 1. The predicted octanol–water partition coefficient (Wildman–Crippen LogP) is 2.55. The van der Waals surface area contributed by atoms with Crippen LogP contribution in [0.5, 0.6) is 0 Å². The van der Waals surface area contributed by atoms with Gasteiger partial charge in [0.1, 0.15) is 0 Å². The van der Waals surface area contributed by atoms with Gasteiger partial charge in [-0.3, -0.25) is 0 Å². The largest absolute Gasteiger partial charge is 0.478 e. The second-order valence-corrected chi connectivity index (χ2v) is 7.60. The molecule has 0 radical (unpaired) electrons. The van der Waals surface area contributed by atoms with Gasteiger partial charge in [-0.25, -0.2) is 4.79 Å². The lowest BCUT2D eigenvalue weighted by Crippen LogP contribution is -2.38. The predicted molar refractivity (Wildman–Crippen MR) is 65.7 cm³/mol. The number of hydrogen-bond acceptors (Lipinski definition) is 3. The second-order valence-electron chi connectivity index (χ2n) is 3.76. The molecular formula is C11H22O4Si. The Morgan fingerprint density at radius 3 is 2.31 bits per heavy atom. The first-order valence-corrected chi connectivity index (χ1v) is 7.74. The monoisotopic (exact) mass is 246 g/mol. The molecule has 0 spiro atoms. The fourth-order valence-corrected chi connectivity index (χ4v) is 3.78. The van der Waals surface area contributed by atoms with E-state index in [-0.39, 0.29) is 0 Å². The molecular weight excluding hydrogens is 224 g/mol. The van der Waals surface area contributed by atoms with Gasteiger partial charge in [-0.15, -0.1) is 0 Å². The van der Waals surface area contributed by atoms with Gasteiger partial charge in [-0.2, -0.15) is 0 Å². The molecule has 0 atom stereocenters. The average Bonchev–Trinajstić information content (AvgIpc) is 2.30. The smallest absolute Gasteiger partial charge is 0.337 e.